The lowest BCUT2D eigenvalue weighted by atomic mass is 10.4. The molecule has 0 heterocycles. The molecule has 0 aliphatic carbocycles. The Bertz CT molecular complexity index is 431. The van der Waals surface area contributed by atoms with Crippen LogP contribution in [0.1, 0.15) is 6.92 Å². The highest BCUT2D eigenvalue weighted by molar-refractivity contribution is 14.1. The third-order valence-corrected chi connectivity index (χ3v) is 4.48. The highest BCUT2D eigenvalue weighted by Gasteiger charge is 2.16. The third-order valence-electron chi connectivity index (χ3n) is 1.69. The van der Waals surface area contributed by atoms with Gasteiger partial charge in [-0.3, -0.25) is 0 Å². The number of aliphatic hydroxyl groups is 1. The van der Waals surface area contributed by atoms with Gasteiger partial charge in [-0.15, -0.1) is 0 Å². The molecule has 0 bridgehead atoms. The first kappa shape index (κ1) is 12.9. The Kier molecular flexibility index (Phi) is 4.50. The summed E-state index contributed by atoms with van der Waals surface area (Å²) < 4.78 is 26.5. The zero-order valence-electron chi connectivity index (χ0n) is 8.14. The Morgan fingerprint density at radius 3 is 2.60 bits per heavy atom. The van der Waals surface area contributed by atoms with Crippen LogP contribution in [0, 0.1) is 3.57 Å². The molecule has 0 spiro atoms. The van der Waals surface area contributed by atoms with Crippen LogP contribution in [-0.2, 0) is 10.0 Å². The molecular formula is C9H12INO3S. The Hall–Kier alpha value is -0.180. The minimum absolute atomic E-state index is 0.0211. The van der Waals surface area contributed by atoms with E-state index in [2.05, 4.69) is 4.72 Å². The zero-order valence-corrected chi connectivity index (χ0v) is 11.1. The fourth-order valence-corrected chi connectivity index (χ4v) is 3.43. The van der Waals surface area contributed by atoms with Gasteiger partial charge in [0.1, 0.15) is 0 Å². The maximum atomic E-state index is 11.7. The van der Waals surface area contributed by atoms with Crippen molar-refractivity contribution in [1.82, 2.24) is 4.72 Å². The fraction of sp³-hybridized carbons (Fsp3) is 0.333. The van der Waals surface area contributed by atoms with E-state index in [0.717, 1.165) is 0 Å². The van der Waals surface area contributed by atoms with Crippen LogP contribution in [0.15, 0.2) is 29.2 Å². The van der Waals surface area contributed by atoms with Gasteiger partial charge in [-0.1, -0.05) is 12.1 Å². The molecule has 1 aromatic rings. The Balaban J connectivity index is 2.92. The van der Waals surface area contributed by atoms with Gasteiger partial charge in [0, 0.05) is 10.1 Å². The van der Waals surface area contributed by atoms with E-state index in [4.69, 9.17) is 5.11 Å². The first-order valence-corrected chi connectivity index (χ1v) is 6.92. The predicted molar refractivity (Wildman–Crippen MR) is 66.0 cm³/mol. The molecule has 1 unspecified atom stereocenters. The van der Waals surface area contributed by atoms with Gasteiger partial charge in [0.2, 0.25) is 10.0 Å². The second-order valence-corrected chi connectivity index (χ2v) is 6.03. The standard InChI is InChI=1S/C9H12INO3S/c1-7(12)6-11-15(13,14)9-5-3-2-4-8(9)10/h2-5,7,11-12H,6H2,1H3. The number of nitrogens with one attached hydrogen (secondary N) is 1. The molecule has 0 aliphatic rings. The van der Waals surface area contributed by atoms with Crippen LogP contribution in [-0.4, -0.2) is 26.2 Å². The Morgan fingerprint density at radius 2 is 2.07 bits per heavy atom. The number of hydrogen-bond acceptors (Lipinski definition) is 3. The monoisotopic (exact) mass is 341 g/mol. The van der Waals surface area contributed by atoms with E-state index in [-0.39, 0.29) is 11.4 Å². The van der Waals surface area contributed by atoms with Gasteiger partial charge in [0.15, 0.2) is 0 Å². The summed E-state index contributed by atoms with van der Waals surface area (Å²) in [7, 11) is -3.50. The second kappa shape index (κ2) is 5.24. The number of sulfonamides is 1. The number of hydrogen-bond donors (Lipinski definition) is 2. The quantitative estimate of drug-likeness (QED) is 0.802. The van der Waals surface area contributed by atoms with Crippen molar-refractivity contribution in [2.45, 2.75) is 17.9 Å². The molecule has 0 radical (unpaired) electrons. The van der Waals surface area contributed by atoms with Gasteiger partial charge in [-0.05, 0) is 41.6 Å². The van der Waals surface area contributed by atoms with E-state index in [0.29, 0.717) is 3.57 Å². The largest absolute Gasteiger partial charge is 0.392 e. The molecule has 2 N–H and O–H groups in total. The van der Waals surface area contributed by atoms with Crippen molar-refractivity contribution in [2.24, 2.45) is 0 Å². The van der Waals surface area contributed by atoms with Crippen LogP contribution >= 0.6 is 22.6 Å². The number of rotatable bonds is 4. The summed E-state index contributed by atoms with van der Waals surface area (Å²) in [6, 6.07) is 6.69. The first-order chi connectivity index (χ1) is 6.93. The van der Waals surface area contributed by atoms with Crippen molar-refractivity contribution in [3.63, 3.8) is 0 Å². The molecular weight excluding hydrogens is 329 g/mol. The summed E-state index contributed by atoms with van der Waals surface area (Å²) in [4.78, 5) is 0.242. The normalized spacial score (nSPS) is 13.8. The van der Waals surface area contributed by atoms with Crippen LogP contribution in [0.3, 0.4) is 0 Å². The van der Waals surface area contributed by atoms with Gasteiger partial charge in [-0.2, -0.15) is 0 Å². The SMILES string of the molecule is CC(O)CNS(=O)(=O)c1ccccc1I. The molecule has 0 saturated heterocycles. The molecule has 4 nitrogen and oxygen atoms in total. The van der Waals surface area contributed by atoms with E-state index < -0.39 is 16.1 Å². The van der Waals surface area contributed by atoms with Crippen molar-refractivity contribution < 1.29 is 13.5 Å². The average molecular weight is 341 g/mol. The molecule has 6 heteroatoms. The Labute approximate surface area is 103 Å². The maximum absolute atomic E-state index is 11.7. The van der Waals surface area contributed by atoms with Gasteiger partial charge in [0.25, 0.3) is 0 Å². The highest BCUT2D eigenvalue weighted by Crippen LogP contribution is 2.16. The molecule has 1 rings (SSSR count). The van der Waals surface area contributed by atoms with Crippen molar-refractivity contribution in [1.29, 1.82) is 0 Å². The molecule has 0 fully saturated rings. The number of halogens is 1. The van der Waals surface area contributed by atoms with Crippen LogP contribution in [0.2, 0.25) is 0 Å². The van der Waals surface area contributed by atoms with E-state index >= 15 is 0 Å². The van der Waals surface area contributed by atoms with Gasteiger partial charge in [0.05, 0.1) is 11.0 Å². The topological polar surface area (TPSA) is 66.4 Å². The zero-order chi connectivity index (χ0) is 11.5. The lowest BCUT2D eigenvalue weighted by molar-refractivity contribution is 0.198. The van der Waals surface area contributed by atoms with Gasteiger partial charge in [-0.25, -0.2) is 13.1 Å². The van der Waals surface area contributed by atoms with E-state index in [1.807, 2.05) is 22.6 Å². The molecule has 1 atom stereocenters. The molecule has 0 aromatic heterocycles. The van der Waals surface area contributed by atoms with Crippen molar-refractivity contribution in [3.05, 3.63) is 27.8 Å². The highest BCUT2D eigenvalue weighted by atomic mass is 127. The Morgan fingerprint density at radius 1 is 1.47 bits per heavy atom. The van der Waals surface area contributed by atoms with Crippen LogP contribution in [0.5, 0.6) is 0 Å². The van der Waals surface area contributed by atoms with Crippen molar-refractivity contribution in [2.75, 3.05) is 6.54 Å². The van der Waals surface area contributed by atoms with E-state index in [9.17, 15) is 8.42 Å². The maximum Gasteiger partial charge on any atom is 0.241 e. The van der Waals surface area contributed by atoms with Gasteiger partial charge < -0.3 is 5.11 Å². The van der Waals surface area contributed by atoms with E-state index in [1.165, 1.54) is 13.0 Å². The smallest absolute Gasteiger partial charge is 0.241 e. The number of aliphatic hydroxyl groups excluding tert-OH is 1. The van der Waals surface area contributed by atoms with Crippen LogP contribution in [0.4, 0.5) is 0 Å². The summed E-state index contributed by atoms with van der Waals surface area (Å²) >= 11 is 1.96. The predicted octanol–water partition coefficient (Wildman–Crippen LogP) is 0.950. The van der Waals surface area contributed by atoms with Gasteiger partial charge >= 0.3 is 0 Å². The first-order valence-electron chi connectivity index (χ1n) is 4.36. The minimum Gasteiger partial charge on any atom is -0.392 e. The lowest BCUT2D eigenvalue weighted by Crippen LogP contribution is -2.31. The summed E-state index contributed by atoms with van der Waals surface area (Å²) in [5, 5.41) is 9.00. The summed E-state index contributed by atoms with van der Waals surface area (Å²) in [6.45, 7) is 1.55. The van der Waals surface area contributed by atoms with E-state index in [1.54, 1.807) is 18.2 Å². The lowest BCUT2D eigenvalue weighted by Gasteiger charge is -2.09. The molecule has 84 valence electrons. The van der Waals surface area contributed by atoms with Crippen LogP contribution in [0.25, 0.3) is 0 Å². The number of benzene rings is 1. The molecule has 0 saturated carbocycles. The second-order valence-electron chi connectivity index (χ2n) is 3.13. The molecule has 1 aromatic carbocycles. The molecule has 0 aliphatic heterocycles. The molecule has 15 heavy (non-hydrogen) atoms. The minimum atomic E-state index is -3.50. The summed E-state index contributed by atoms with van der Waals surface area (Å²) in [5.41, 5.74) is 0. The average Bonchev–Trinajstić information content (AvgIpc) is 2.15. The summed E-state index contributed by atoms with van der Waals surface area (Å²) in [5.74, 6) is 0. The molecule has 0 amide bonds. The fourth-order valence-electron chi connectivity index (χ4n) is 0.971. The third kappa shape index (κ3) is 3.71. The summed E-state index contributed by atoms with van der Waals surface area (Å²) in [6.07, 6.45) is -0.693. The van der Waals surface area contributed by atoms with Crippen molar-refractivity contribution >= 4 is 32.6 Å². The van der Waals surface area contributed by atoms with Crippen LogP contribution < -0.4 is 4.72 Å². The van der Waals surface area contributed by atoms with Crippen molar-refractivity contribution in [3.8, 4) is 0 Å².